The minimum absolute atomic E-state index is 0.117. The number of hydrogen-bond acceptors (Lipinski definition) is 4. The Labute approximate surface area is 137 Å². The van der Waals surface area contributed by atoms with Crippen molar-refractivity contribution < 1.29 is 14.7 Å². The van der Waals surface area contributed by atoms with E-state index in [2.05, 4.69) is 10.3 Å². The molecule has 0 saturated carbocycles. The summed E-state index contributed by atoms with van der Waals surface area (Å²) in [5, 5.41) is 12.8. The standard InChI is InChI=1S/C15H15ClN2O3S/c1-8(7-12(19)20)17-14(21)13-9(2)18-15(22-13)10-3-5-11(16)6-4-10/h3-6,8H,7H2,1-2H3,(H,17,21)(H,19,20). The SMILES string of the molecule is Cc1nc(-c2ccc(Cl)cc2)sc1C(=O)NC(C)CC(=O)O. The molecule has 22 heavy (non-hydrogen) atoms. The highest BCUT2D eigenvalue weighted by atomic mass is 35.5. The van der Waals surface area contributed by atoms with Crippen LogP contribution in [0.4, 0.5) is 0 Å². The minimum Gasteiger partial charge on any atom is -0.481 e. The number of carbonyl (C=O) groups excluding carboxylic acids is 1. The van der Waals surface area contributed by atoms with E-state index < -0.39 is 12.0 Å². The quantitative estimate of drug-likeness (QED) is 0.876. The Balaban J connectivity index is 2.17. The lowest BCUT2D eigenvalue weighted by atomic mass is 10.2. The van der Waals surface area contributed by atoms with Gasteiger partial charge in [0, 0.05) is 16.6 Å². The molecular weight excluding hydrogens is 324 g/mol. The van der Waals surface area contributed by atoms with E-state index in [0.29, 0.717) is 15.6 Å². The number of aliphatic carboxylic acids is 1. The van der Waals surface area contributed by atoms with Crippen molar-refractivity contribution in [3.8, 4) is 10.6 Å². The normalized spacial score (nSPS) is 12.0. The number of halogens is 1. The first-order chi connectivity index (χ1) is 10.4. The molecule has 0 aliphatic carbocycles. The minimum atomic E-state index is -0.948. The average Bonchev–Trinajstić information content (AvgIpc) is 2.80. The Morgan fingerprint density at radius 1 is 1.36 bits per heavy atom. The van der Waals surface area contributed by atoms with Crippen molar-refractivity contribution in [2.75, 3.05) is 0 Å². The fourth-order valence-electron chi connectivity index (χ4n) is 1.93. The molecule has 0 aliphatic heterocycles. The van der Waals surface area contributed by atoms with Crippen molar-refractivity contribution in [1.82, 2.24) is 10.3 Å². The summed E-state index contributed by atoms with van der Waals surface area (Å²) < 4.78 is 0. The van der Waals surface area contributed by atoms with Crippen LogP contribution >= 0.6 is 22.9 Å². The molecule has 2 N–H and O–H groups in total. The summed E-state index contributed by atoms with van der Waals surface area (Å²) in [5.41, 5.74) is 1.50. The van der Waals surface area contributed by atoms with Gasteiger partial charge < -0.3 is 10.4 Å². The highest BCUT2D eigenvalue weighted by Gasteiger charge is 2.18. The van der Waals surface area contributed by atoms with Crippen molar-refractivity contribution in [1.29, 1.82) is 0 Å². The molecule has 0 radical (unpaired) electrons. The fourth-order valence-corrected chi connectivity index (χ4v) is 3.03. The summed E-state index contributed by atoms with van der Waals surface area (Å²) in [7, 11) is 0. The number of hydrogen-bond donors (Lipinski definition) is 2. The first-order valence-electron chi connectivity index (χ1n) is 6.63. The zero-order chi connectivity index (χ0) is 16.3. The van der Waals surface area contributed by atoms with Crippen molar-refractivity contribution in [2.45, 2.75) is 26.3 Å². The first-order valence-corrected chi connectivity index (χ1v) is 7.82. The largest absolute Gasteiger partial charge is 0.481 e. The summed E-state index contributed by atoms with van der Waals surface area (Å²) >= 11 is 7.13. The predicted molar refractivity (Wildman–Crippen MR) is 86.5 cm³/mol. The smallest absolute Gasteiger partial charge is 0.305 e. The van der Waals surface area contributed by atoms with Crippen molar-refractivity contribution in [3.05, 3.63) is 39.9 Å². The maximum absolute atomic E-state index is 12.2. The number of carboxylic acids is 1. The van der Waals surface area contributed by atoms with Crippen LogP contribution < -0.4 is 5.32 Å². The topological polar surface area (TPSA) is 79.3 Å². The summed E-state index contributed by atoms with van der Waals surface area (Å²) in [6.45, 7) is 3.41. The first kappa shape index (κ1) is 16.5. The number of carboxylic acid groups (broad SMARTS) is 1. The van der Waals surface area contributed by atoms with Gasteiger partial charge >= 0.3 is 5.97 Å². The average molecular weight is 339 g/mol. The van der Waals surface area contributed by atoms with Crippen LogP contribution in [-0.4, -0.2) is 28.0 Å². The molecular formula is C15H15ClN2O3S. The van der Waals surface area contributed by atoms with Crippen LogP contribution in [0.3, 0.4) is 0 Å². The third-order valence-corrected chi connectivity index (χ3v) is 4.41. The third-order valence-electron chi connectivity index (χ3n) is 2.95. The molecule has 1 amide bonds. The van der Waals surface area contributed by atoms with E-state index in [0.717, 1.165) is 10.6 Å². The van der Waals surface area contributed by atoms with Crippen LogP contribution in [0.15, 0.2) is 24.3 Å². The van der Waals surface area contributed by atoms with Crippen molar-refractivity contribution in [2.24, 2.45) is 0 Å². The Hall–Kier alpha value is -1.92. The number of aryl methyl sites for hydroxylation is 1. The Bertz CT molecular complexity index is 697. The second kappa shape index (κ2) is 6.89. The molecule has 7 heteroatoms. The summed E-state index contributed by atoms with van der Waals surface area (Å²) in [4.78, 5) is 27.7. The number of thiazole rings is 1. The second-order valence-electron chi connectivity index (χ2n) is 4.91. The lowest BCUT2D eigenvalue weighted by molar-refractivity contribution is -0.137. The van der Waals surface area contributed by atoms with E-state index in [4.69, 9.17) is 16.7 Å². The maximum Gasteiger partial charge on any atom is 0.305 e. The van der Waals surface area contributed by atoms with Crippen molar-refractivity contribution in [3.63, 3.8) is 0 Å². The van der Waals surface area contributed by atoms with Crippen LogP contribution in [0.5, 0.6) is 0 Å². The van der Waals surface area contributed by atoms with Gasteiger partial charge in [0.25, 0.3) is 5.91 Å². The van der Waals surface area contributed by atoms with Gasteiger partial charge in [-0.05, 0) is 26.0 Å². The number of nitrogens with one attached hydrogen (secondary N) is 1. The number of benzene rings is 1. The van der Waals surface area contributed by atoms with Gasteiger partial charge in [0.05, 0.1) is 12.1 Å². The molecule has 0 aliphatic rings. The Morgan fingerprint density at radius 2 is 2.00 bits per heavy atom. The molecule has 1 atom stereocenters. The lowest BCUT2D eigenvalue weighted by Gasteiger charge is -2.10. The fraction of sp³-hybridized carbons (Fsp3) is 0.267. The van der Waals surface area contributed by atoms with Crippen LogP contribution in [0.1, 0.15) is 28.7 Å². The molecule has 1 aromatic heterocycles. The molecule has 1 unspecified atom stereocenters. The van der Waals surface area contributed by atoms with E-state index in [1.165, 1.54) is 11.3 Å². The van der Waals surface area contributed by atoms with Gasteiger partial charge in [0.2, 0.25) is 0 Å². The van der Waals surface area contributed by atoms with Gasteiger partial charge in [-0.1, -0.05) is 23.7 Å². The highest BCUT2D eigenvalue weighted by molar-refractivity contribution is 7.17. The molecule has 0 fully saturated rings. The molecule has 1 heterocycles. The Morgan fingerprint density at radius 3 is 2.59 bits per heavy atom. The number of rotatable bonds is 5. The third kappa shape index (κ3) is 4.05. The van der Waals surface area contributed by atoms with Gasteiger partial charge in [0.15, 0.2) is 0 Å². The zero-order valence-electron chi connectivity index (χ0n) is 12.1. The number of nitrogens with zero attached hydrogens (tertiary/aromatic N) is 1. The highest BCUT2D eigenvalue weighted by Crippen LogP contribution is 2.28. The lowest BCUT2D eigenvalue weighted by Crippen LogP contribution is -2.34. The van der Waals surface area contributed by atoms with E-state index in [-0.39, 0.29) is 12.3 Å². The van der Waals surface area contributed by atoms with E-state index in [1.54, 1.807) is 26.0 Å². The number of aromatic nitrogens is 1. The molecule has 1 aromatic carbocycles. The number of carbonyl (C=O) groups is 2. The van der Waals surface area contributed by atoms with Crippen LogP contribution in [-0.2, 0) is 4.79 Å². The summed E-state index contributed by atoms with van der Waals surface area (Å²) in [6, 6.07) is 6.78. The van der Waals surface area contributed by atoms with Gasteiger partial charge in [0.1, 0.15) is 9.88 Å². The summed E-state index contributed by atoms with van der Waals surface area (Å²) in [5.74, 6) is -1.25. The zero-order valence-corrected chi connectivity index (χ0v) is 13.7. The van der Waals surface area contributed by atoms with E-state index >= 15 is 0 Å². The van der Waals surface area contributed by atoms with E-state index in [9.17, 15) is 9.59 Å². The molecule has 2 aromatic rings. The molecule has 116 valence electrons. The van der Waals surface area contributed by atoms with Gasteiger partial charge in [-0.15, -0.1) is 11.3 Å². The monoisotopic (exact) mass is 338 g/mol. The van der Waals surface area contributed by atoms with Gasteiger partial charge in [-0.2, -0.15) is 0 Å². The number of amides is 1. The van der Waals surface area contributed by atoms with Gasteiger partial charge in [-0.3, -0.25) is 9.59 Å². The van der Waals surface area contributed by atoms with E-state index in [1.807, 2.05) is 12.1 Å². The molecule has 0 bridgehead atoms. The Kier molecular flexibility index (Phi) is 5.15. The second-order valence-corrected chi connectivity index (χ2v) is 6.35. The van der Waals surface area contributed by atoms with Gasteiger partial charge in [-0.25, -0.2) is 4.98 Å². The summed E-state index contributed by atoms with van der Waals surface area (Å²) in [6.07, 6.45) is -0.117. The molecule has 0 spiro atoms. The van der Waals surface area contributed by atoms with Crippen LogP contribution in [0.25, 0.3) is 10.6 Å². The molecule has 2 rings (SSSR count). The molecule has 0 saturated heterocycles. The van der Waals surface area contributed by atoms with Crippen LogP contribution in [0, 0.1) is 6.92 Å². The predicted octanol–water partition coefficient (Wildman–Crippen LogP) is 3.36. The van der Waals surface area contributed by atoms with Crippen LogP contribution in [0.2, 0.25) is 5.02 Å². The van der Waals surface area contributed by atoms with Crippen molar-refractivity contribution >= 4 is 34.8 Å². The molecule has 5 nitrogen and oxygen atoms in total. The maximum atomic E-state index is 12.2.